The third-order valence-electron chi connectivity index (χ3n) is 3.21. The maximum atomic E-state index is 9.99. The number of nitrogens with zero attached hydrogens (tertiary/aromatic N) is 1. The second kappa shape index (κ2) is 6.71. The molecule has 3 nitrogen and oxygen atoms in total. The molecule has 0 heterocycles. The average Bonchev–Trinajstić information content (AvgIpc) is 2.29. The molecular weight excluding hydrogens is 260 g/mol. The SMILES string of the molecule is CCC(N)C(c1ccccc1Cl)N(C)CC(C)(C)O. The van der Waals surface area contributed by atoms with E-state index in [-0.39, 0.29) is 12.1 Å². The van der Waals surface area contributed by atoms with E-state index in [4.69, 9.17) is 17.3 Å². The molecule has 2 unspecified atom stereocenters. The highest BCUT2D eigenvalue weighted by atomic mass is 35.5. The Morgan fingerprint density at radius 1 is 1.37 bits per heavy atom. The lowest BCUT2D eigenvalue weighted by Crippen LogP contribution is -2.44. The summed E-state index contributed by atoms with van der Waals surface area (Å²) in [6, 6.07) is 7.75. The molecule has 0 amide bonds. The maximum Gasteiger partial charge on any atom is 0.0718 e. The number of hydrogen-bond acceptors (Lipinski definition) is 3. The van der Waals surface area contributed by atoms with Gasteiger partial charge in [-0.25, -0.2) is 0 Å². The van der Waals surface area contributed by atoms with E-state index in [1.165, 1.54) is 0 Å². The van der Waals surface area contributed by atoms with Gasteiger partial charge in [0.1, 0.15) is 0 Å². The topological polar surface area (TPSA) is 49.5 Å². The fraction of sp³-hybridized carbons (Fsp3) is 0.600. The van der Waals surface area contributed by atoms with Gasteiger partial charge in [-0.1, -0.05) is 36.7 Å². The van der Waals surface area contributed by atoms with E-state index in [2.05, 4.69) is 11.8 Å². The van der Waals surface area contributed by atoms with E-state index >= 15 is 0 Å². The van der Waals surface area contributed by atoms with E-state index in [9.17, 15) is 5.11 Å². The maximum absolute atomic E-state index is 9.99. The van der Waals surface area contributed by atoms with Gasteiger partial charge < -0.3 is 10.8 Å². The summed E-state index contributed by atoms with van der Waals surface area (Å²) in [6.07, 6.45) is 0.853. The van der Waals surface area contributed by atoms with Gasteiger partial charge in [-0.3, -0.25) is 4.90 Å². The first-order valence-corrected chi connectivity index (χ1v) is 7.06. The Hall–Kier alpha value is -0.610. The molecule has 0 fully saturated rings. The highest BCUT2D eigenvalue weighted by Crippen LogP contribution is 2.30. The van der Waals surface area contributed by atoms with Crippen LogP contribution in [0, 0.1) is 0 Å². The standard InChI is InChI=1S/C15H25ClN2O/c1-5-13(17)14(18(4)10-15(2,3)19)11-8-6-7-9-12(11)16/h6-9,13-14,19H,5,10,17H2,1-4H3. The zero-order chi connectivity index (χ0) is 14.6. The average molecular weight is 285 g/mol. The molecule has 0 aliphatic heterocycles. The predicted octanol–water partition coefficient (Wildman–Crippen LogP) is 2.82. The summed E-state index contributed by atoms with van der Waals surface area (Å²) in [4.78, 5) is 2.08. The second-order valence-corrected chi connectivity index (χ2v) is 6.17. The van der Waals surface area contributed by atoms with Crippen LogP contribution >= 0.6 is 11.6 Å². The first-order valence-electron chi connectivity index (χ1n) is 6.69. The number of aliphatic hydroxyl groups is 1. The Labute approximate surface area is 121 Å². The van der Waals surface area contributed by atoms with Crippen molar-refractivity contribution in [2.24, 2.45) is 5.73 Å². The van der Waals surface area contributed by atoms with E-state index in [1.807, 2.05) is 31.3 Å². The van der Waals surface area contributed by atoms with Crippen molar-refractivity contribution in [3.8, 4) is 0 Å². The van der Waals surface area contributed by atoms with Crippen LogP contribution in [0.2, 0.25) is 5.02 Å². The van der Waals surface area contributed by atoms with Crippen molar-refractivity contribution in [2.45, 2.75) is 44.9 Å². The van der Waals surface area contributed by atoms with Crippen LogP contribution in [0.1, 0.15) is 38.8 Å². The van der Waals surface area contributed by atoms with Crippen molar-refractivity contribution in [3.63, 3.8) is 0 Å². The summed E-state index contributed by atoms with van der Waals surface area (Å²) in [7, 11) is 1.97. The molecule has 0 aliphatic rings. The van der Waals surface area contributed by atoms with E-state index in [1.54, 1.807) is 13.8 Å². The van der Waals surface area contributed by atoms with Crippen LogP contribution in [0.5, 0.6) is 0 Å². The highest BCUT2D eigenvalue weighted by Gasteiger charge is 2.28. The zero-order valence-corrected chi connectivity index (χ0v) is 13.0. The molecule has 0 bridgehead atoms. The van der Waals surface area contributed by atoms with Gasteiger partial charge in [0.05, 0.1) is 11.6 Å². The van der Waals surface area contributed by atoms with Crippen molar-refractivity contribution in [1.82, 2.24) is 4.90 Å². The van der Waals surface area contributed by atoms with Crippen molar-refractivity contribution in [3.05, 3.63) is 34.9 Å². The normalized spacial score (nSPS) is 15.6. The third-order valence-corrected chi connectivity index (χ3v) is 3.56. The summed E-state index contributed by atoms with van der Waals surface area (Å²) < 4.78 is 0. The summed E-state index contributed by atoms with van der Waals surface area (Å²) in [5, 5.41) is 10.7. The van der Waals surface area contributed by atoms with Crippen LogP contribution in [-0.2, 0) is 0 Å². The number of likely N-dealkylation sites (N-methyl/N-ethyl adjacent to an activating group) is 1. The van der Waals surface area contributed by atoms with Gasteiger partial charge in [-0.2, -0.15) is 0 Å². The van der Waals surface area contributed by atoms with Crippen LogP contribution in [-0.4, -0.2) is 35.2 Å². The fourth-order valence-electron chi connectivity index (χ4n) is 2.44. The van der Waals surface area contributed by atoms with Crippen LogP contribution in [0.25, 0.3) is 0 Å². The Balaban J connectivity index is 3.05. The third kappa shape index (κ3) is 4.77. The predicted molar refractivity (Wildman–Crippen MR) is 81.4 cm³/mol. The molecule has 0 radical (unpaired) electrons. The Kier molecular flexibility index (Phi) is 5.81. The number of hydrogen-bond donors (Lipinski definition) is 2. The molecule has 0 aromatic heterocycles. The quantitative estimate of drug-likeness (QED) is 0.844. The summed E-state index contributed by atoms with van der Waals surface area (Å²) >= 11 is 6.29. The molecule has 0 spiro atoms. The van der Waals surface area contributed by atoms with E-state index in [0.29, 0.717) is 6.54 Å². The zero-order valence-electron chi connectivity index (χ0n) is 12.2. The van der Waals surface area contributed by atoms with Gasteiger partial charge in [0.25, 0.3) is 0 Å². The summed E-state index contributed by atoms with van der Waals surface area (Å²) in [6.45, 7) is 6.19. The minimum absolute atomic E-state index is 0.00475. The minimum Gasteiger partial charge on any atom is -0.389 e. The number of rotatable bonds is 6. The van der Waals surface area contributed by atoms with E-state index < -0.39 is 5.60 Å². The lowest BCUT2D eigenvalue weighted by molar-refractivity contribution is 0.0267. The molecular formula is C15H25ClN2O. The molecule has 0 aliphatic carbocycles. The summed E-state index contributed by atoms with van der Waals surface area (Å²) in [5.41, 5.74) is 6.51. The minimum atomic E-state index is -0.762. The first kappa shape index (κ1) is 16.4. The van der Waals surface area contributed by atoms with Crippen molar-refractivity contribution in [1.29, 1.82) is 0 Å². The van der Waals surface area contributed by atoms with Gasteiger partial charge in [0.15, 0.2) is 0 Å². The molecule has 4 heteroatoms. The number of nitrogens with two attached hydrogens (primary N) is 1. The molecule has 108 valence electrons. The molecule has 0 saturated heterocycles. The van der Waals surface area contributed by atoms with Crippen molar-refractivity contribution >= 4 is 11.6 Å². The van der Waals surface area contributed by atoms with Crippen LogP contribution < -0.4 is 5.73 Å². The summed E-state index contributed by atoms with van der Waals surface area (Å²) in [5.74, 6) is 0. The Morgan fingerprint density at radius 2 is 1.95 bits per heavy atom. The molecule has 19 heavy (non-hydrogen) atoms. The largest absolute Gasteiger partial charge is 0.389 e. The Bertz CT molecular complexity index is 403. The van der Waals surface area contributed by atoms with Crippen LogP contribution in [0.4, 0.5) is 0 Å². The van der Waals surface area contributed by atoms with Gasteiger partial charge in [0, 0.05) is 17.6 Å². The molecule has 1 aromatic rings. The van der Waals surface area contributed by atoms with Gasteiger partial charge >= 0.3 is 0 Å². The lowest BCUT2D eigenvalue weighted by Gasteiger charge is -2.36. The highest BCUT2D eigenvalue weighted by molar-refractivity contribution is 6.31. The molecule has 1 rings (SSSR count). The monoisotopic (exact) mass is 284 g/mol. The van der Waals surface area contributed by atoms with Crippen molar-refractivity contribution in [2.75, 3.05) is 13.6 Å². The van der Waals surface area contributed by atoms with Crippen LogP contribution in [0.3, 0.4) is 0 Å². The molecule has 1 aromatic carbocycles. The van der Waals surface area contributed by atoms with Crippen molar-refractivity contribution < 1.29 is 5.11 Å². The molecule has 0 saturated carbocycles. The van der Waals surface area contributed by atoms with Gasteiger partial charge in [0.2, 0.25) is 0 Å². The number of halogens is 1. The second-order valence-electron chi connectivity index (χ2n) is 5.77. The number of benzene rings is 1. The Morgan fingerprint density at radius 3 is 2.42 bits per heavy atom. The van der Waals surface area contributed by atoms with Crippen LogP contribution in [0.15, 0.2) is 24.3 Å². The lowest BCUT2D eigenvalue weighted by atomic mass is 9.95. The first-order chi connectivity index (χ1) is 8.76. The van der Waals surface area contributed by atoms with E-state index in [0.717, 1.165) is 17.0 Å². The molecule has 2 atom stereocenters. The van der Waals surface area contributed by atoms with Gasteiger partial charge in [-0.15, -0.1) is 0 Å². The fourth-order valence-corrected chi connectivity index (χ4v) is 2.69. The van der Waals surface area contributed by atoms with Gasteiger partial charge in [-0.05, 0) is 38.9 Å². The molecule has 3 N–H and O–H groups in total. The smallest absolute Gasteiger partial charge is 0.0718 e.